The molecule has 2 aliphatic rings. The molecule has 25 heavy (non-hydrogen) atoms. The molecule has 2 aromatic heterocycles. The number of nitrogens with zero attached hydrogens (tertiary/aromatic N) is 5. The van der Waals surface area contributed by atoms with Gasteiger partial charge < -0.3 is 19.7 Å². The van der Waals surface area contributed by atoms with E-state index in [0.29, 0.717) is 29.1 Å². The third-order valence-corrected chi connectivity index (χ3v) is 4.84. The van der Waals surface area contributed by atoms with Crippen molar-refractivity contribution < 1.29 is 9.84 Å². The van der Waals surface area contributed by atoms with Crippen molar-refractivity contribution in [3.8, 4) is 28.7 Å². The molecule has 1 saturated carbocycles. The highest BCUT2D eigenvalue weighted by Gasteiger charge is 2.55. The van der Waals surface area contributed by atoms with Gasteiger partial charge in [0.05, 0.1) is 23.8 Å². The average Bonchev–Trinajstić information content (AvgIpc) is 3.10. The van der Waals surface area contributed by atoms with E-state index in [1.165, 1.54) is 0 Å². The van der Waals surface area contributed by atoms with Crippen molar-refractivity contribution in [2.75, 3.05) is 13.1 Å². The molecule has 5 rings (SSSR count). The molecule has 1 aliphatic heterocycles. The Morgan fingerprint density at radius 3 is 2.76 bits per heavy atom. The number of phenols is 1. The molecule has 0 spiro atoms. The third-order valence-electron chi connectivity index (χ3n) is 4.84. The molecular weight excluding hydrogens is 320 g/mol. The Morgan fingerprint density at radius 2 is 2.08 bits per heavy atom. The summed E-state index contributed by atoms with van der Waals surface area (Å²) < 4.78 is 7.64. The third kappa shape index (κ3) is 2.51. The molecule has 2 N–H and O–H groups in total. The van der Waals surface area contributed by atoms with Crippen LogP contribution >= 0.6 is 0 Å². The maximum atomic E-state index is 10.3. The lowest BCUT2D eigenvalue weighted by Crippen LogP contribution is -2.20. The molecule has 1 unspecified atom stereocenters. The number of phenolic OH excluding ortho intramolecular Hbond substituents is 1. The normalized spacial score (nSPS) is 24.1. The first kappa shape index (κ1) is 14.4. The highest BCUT2D eigenvalue weighted by atomic mass is 16.5. The van der Waals surface area contributed by atoms with Crippen LogP contribution in [0.3, 0.4) is 0 Å². The van der Waals surface area contributed by atoms with Crippen molar-refractivity contribution in [2.45, 2.75) is 6.10 Å². The molecule has 3 atom stereocenters. The SMILES string of the molecule is Oc1cc(-n2ccnc2)ccc1-c1ncc(OC2[C@H]3CNC[C@@H]23)nn1. The van der Waals surface area contributed by atoms with Crippen molar-refractivity contribution in [1.29, 1.82) is 0 Å². The van der Waals surface area contributed by atoms with Gasteiger partial charge in [-0.25, -0.2) is 9.97 Å². The Morgan fingerprint density at radius 1 is 1.20 bits per heavy atom. The van der Waals surface area contributed by atoms with E-state index in [1.54, 1.807) is 41.6 Å². The highest BCUT2D eigenvalue weighted by Crippen LogP contribution is 2.44. The monoisotopic (exact) mass is 336 g/mol. The zero-order valence-corrected chi connectivity index (χ0v) is 13.3. The van der Waals surface area contributed by atoms with Crippen LogP contribution in [0.4, 0.5) is 0 Å². The van der Waals surface area contributed by atoms with Crippen LogP contribution in [0.5, 0.6) is 11.6 Å². The number of benzene rings is 1. The topological polar surface area (TPSA) is 98.0 Å². The molecule has 1 saturated heterocycles. The number of imidazole rings is 1. The maximum absolute atomic E-state index is 10.3. The van der Waals surface area contributed by atoms with Gasteiger partial charge in [-0.1, -0.05) is 0 Å². The molecule has 0 amide bonds. The number of rotatable bonds is 4. The number of nitrogens with one attached hydrogen (secondary N) is 1. The van der Waals surface area contributed by atoms with Gasteiger partial charge in [-0.15, -0.1) is 10.2 Å². The van der Waals surface area contributed by atoms with Gasteiger partial charge >= 0.3 is 0 Å². The van der Waals surface area contributed by atoms with Crippen molar-refractivity contribution >= 4 is 0 Å². The van der Waals surface area contributed by atoms with Gasteiger partial charge in [0.25, 0.3) is 5.88 Å². The van der Waals surface area contributed by atoms with Crippen LogP contribution in [0.1, 0.15) is 0 Å². The van der Waals surface area contributed by atoms with E-state index < -0.39 is 0 Å². The molecule has 2 fully saturated rings. The summed E-state index contributed by atoms with van der Waals surface area (Å²) in [4.78, 5) is 8.28. The van der Waals surface area contributed by atoms with Gasteiger partial charge in [0.15, 0.2) is 5.82 Å². The fourth-order valence-electron chi connectivity index (χ4n) is 3.40. The highest BCUT2D eigenvalue weighted by molar-refractivity contribution is 5.65. The standard InChI is InChI=1S/C17H16N6O2/c24-14-5-10(23-4-3-18-9-23)1-2-11(14)17-20-8-15(21-22-17)25-16-12-6-19-7-13(12)16/h1-5,8-9,12-13,16,19,24H,6-7H2/t12-,13+,16?. The minimum Gasteiger partial charge on any atom is -0.507 e. The summed E-state index contributed by atoms with van der Waals surface area (Å²) in [5, 5.41) is 21.8. The minimum atomic E-state index is 0.0875. The fourth-order valence-corrected chi connectivity index (χ4v) is 3.40. The summed E-state index contributed by atoms with van der Waals surface area (Å²) in [5.41, 5.74) is 1.33. The summed E-state index contributed by atoms with van der Waals surface area (Å²) in [6.07, 6.45) is 6.95. The fraction of sp³-hybridized carbons (Fsp3) is 0.294. The number of hydrogen-bond acceptors (Lipinski definition) is 7. The molecule has 8 heteroatoms. The van der Waals surface area contributed by atoms with E-state index in [4.69, 9.17) is 4.74 Å². The second-order valence-electron chi connectivity index (χ2n) is 6.36. The van der Waals surface area contributed by atoms with Crippen LogP contribution in [0.25, 0.3) is 17.1 Å². The van der Waals surface area contributed by atoms with E-state index >= 15 is 0 Å². The van der Waals surface area contributed by atoms with Gasteiger partial charge in [0.2, 0.25) is 0 Å². The minimum absolute atomic E-state index is 0.0875. The van der Waals surface area contributed by atoms with Gasteiger partial charge in [-0.3, -0.25) is 0 Å². The second kappa shape index (κ2) is 5.52. The molecule has 3 aromatic rings. The second-order valence-corrected chi connectivity index (χ2v) is 6.36. The average molecular weight is 336 g/mol. The molecular formula is C17H16N6O2. The van der Waals surface area contributed by atoms with E-state index in [-0.39, 0.29) is 11.9 Å². The predicted octanol–water partition coefficient (Wildman–Crippen LogP) is 1.03. The molecule has 126 valence electrons. The quantitative estimate of drug-likeness (QED) is 0.734. The van der Waals surface area contributed by atoms with Crippen LogP contribution in [-0.2, 0) is 0 Å². The summed E-state index contributed by atoms with van der Waals surface area (Å²) in [6, 6.07) is 5.27. The van der Waals surface area contributed by atoms with Gasteiger partial charge in [-0.05, 0) is 12.1 Å². The zero-order chi connectivity index (χ0) is 16.8. The van der Waals surface area contributed by atoms with Crippen LogP contribution in [0.15, 0.2) is 43.1 Å². The summed E-state index contributed by atoms with van der Waals surface area (Å²) in [6.45, 7) is 2.01. The van der Waals surface area contributed by atoms with Gasteiger partial charge in [0.1, 0.15) is 11.9 Å². The van der Waals surface area contributed by atoms with Crippen LogP contribution in [-0.4, -0.2) is 49.0 Å². The van der Waals surface area contributed by atoms with Crippen LogP contribution in [0.2, 0.25) is 0 Å². The number of piperidine rings is 1. The summed E-state index contributed by atoms with van der Waals surface area (Å²) in [5.74, 6) is 2.05. The molecule has 0 radical (unpaired) electrons. The smallest absolute Gasteiger partial charge is 0.252 e. The Balaban J connectivity index is 1.34. The Hall–Kier alpha value is -3.00. The number of hydrogen-bond donors (Lipinski definition) is 2. The molecule has 0 bridgehead atoms. The molecule has 1 aliphatic carbocycles. The lowest BCUT2D eigenvalue weighted by atomic mass is 10.1. The van der Waals surface area contributed by atoms with E-state index in [9.17, 15) is 5.11 Å². The molecule has 1 aromatic carbocycles. The van der Waals surface area contributed by atoms with Crippen molar-refractivity contribution in [1.82, 2.24) is 30.0 Å². The first-order valence-corrected chi connectivity index (χ1v) is 8.18. The maximum Gasteiger partial charge on any atom is 0.252 e. The van der Waals surface area contributed by atoms with Crippen LogP contribution in [0, 0.1) is 11.8 Å². The predicted molar refractivity (Wildman–Crippen MR) is 88.3 cm³/mol. The first-order valence-electron chi connectivity index (χ1n) is 8.18. The van der Waals surface area contributed by atoms with E-state index in [0.717, 1.165) is 18.8 Å². The zero-order valence-electron chi connectivity index (χ0n) is 13.3. The van der Waals surface area contributed by atoms with Crippen molar-refractivity contribution in [3.05, 3.63) is 43.1 Å². The summed E-state index contributed by atoms with van der Waals surface area (Å²) in [7, 11) is 0. The van der Waals surface area contributed by atoms with Crippen LogP contribution < -0.4 is 10.1 Å². The van der Waals surface area contributed by atoms with Gasteiger partial charge in [0, 0.05) is 43.4 Å². The first-order chi connectivity index (χ1) is 12.3. The summed E-state index contributed by atoms with van der Waals surface area (Å²) >= 11 is 0. The Kier molecular flexibility index (Phi) is 3.17. The molecule has 8 nitrogen and oxygen atoms in total. The van der Waals surface area contributed by atoms with E-state index in [1.807, 2.05) is 6.07 Å². The van der Waals surface area contributed by atoms with Crippen molar-refractivity contribution in [2.24, 2.45) is 11.8 Å². The number of ether oxygens (including phenoxy) is 1. The lowest BCUT2D eigenvalue weighted by Gasteiger charge is -2.08. The van der Waals surface area contributed by atoms with Crippen molar-refractivity contribution in [3.63, 3.8) is 0 Å². The van der Waals surface area contributed by atoms with E-state index in [2.05, 4.69) is 25.5 Å². The number of aromatic nitrogens is 5. The Labute approximate surface area is 143 Å². The number of aromatic hydroxyl groups is 1. The largest absolute Gasteiger partial charge is 0.507 e. The lowest BCUT2D eigenvalue weighted by molar-refractivity contribution is 0.248. The van der Waals surface area contributed by atoms with Gasteiger partial charge in [-0.2, -0.15) is 0 Å². The Bertz CT molecular complexity index is 886. The number of fused-ring (bicyclic) bond motifs is 1. The molecule has 3 heterocycles.